The molecule has 1 unspecified atom stereocenters. The number of nitrogens with zero attached hydrogens (tertiary/aromatic N) is 1. The number of carboxylic acids is 1. The Hall–Kier alpha value is -1.84. The number of hydrogen-bond acceptors (Lipinski definition) is 2. The third-order valence-electron chi connectivity index (χ3n) is 3.90. The molecule has 19 heavy (non-hydrogen) atoms. The van der Waals surface area contributed by atoms with Gasteiger partial charge in [-0.1, -0.05) is 30.3 Å². The molecule has 0 radical (unpaired) electrons. The highest BCUT2D eigenvalue weighted by molar-refractivity contribution is 5.96. The number of carbonyl (C=O) groups is 2. The first-order valence-electron chi connectivity index (χ1n) is 6.49. The van der Waals surface area contributed by atoms with Crippen molar-refractivity contribution in [2.45, 2.75) is 25.2 Å². The Morgan fingerprint density at radius 1 is 1.32 bits per heavy atom. The standard InChI is InChI=1S/C15H19NO3/c1-11(14(18)19)13(17)16(2)10-15(8-9-15)12-6-4-3-5-7-12/h3-7,11H,8-10H2,1-2H3,(H,18,19). The number of benzene rings is 1. The summed E-state index contributed by atoms with van der Waals surface area (Å²) in [5.41, 5.74) is 1.27. The molecule has 0 aliphatic heterocycles. The summed E-state index contributed by atoms with van der Waals surface area (Å²) in [4.78, 5) is 24.4. The molecule has 1 aromatic carbocycles. The lowest BCUT2D eigenvalue weighted by atomic mass is 9.95. The van der Waals surface area contributed by atoms with Crippen LogP contribution in [0.5, 0.6) is 0 Å². The lowest BCUT2D eigenvalue weighted by Crippen LogP contribution is -2.39. The molecule has 1 aromatic rings. The molecule has 0 bridgehead atoms. The molecule has 2 rings (SSSR count). The third-order valence-corrected chi connectivity index (χ3v) is 3.90. The van der Waals surface area contributed by atoms with Gasteiger partial charge in [0.25, 0.3) is 0 Å². The fourth-order valence-electron chi connectivity index (χ4n) is 2.45. The van der Waals surface area contributed by atoms with Gasteiger partial charge in [-0.2, -0.15) is 0 Å². The van der Waals surface area contributed by atoms with E-state index in [-0.39, 0.29) is 11.3 Å². The van der Waals surface area contributed by atoms with Crippen molar-refractivity contribution in [2.24, 2.45) is 5.92 Å². The van der Waals surface area contributed by atoms with E-state index in [2.05, 4.69) is 12.1 Å². The average Bonchev–Trinajstić information content (AvgIpc) is 3.18. The van der Waals surface area contributed by atoms with Gasteiger partial charge in [-0.25, -0.2) is 0 Å². The van der Waals surface area contributed by atoms with Gasteiger partial charge < -0.3 is 10.0 Å². The van der Waals surface area contributed by atoms with Gasteiger partial charge in [-0.05, 0) is 25.3 Å². The maximum absolute atomic E-state index is 12.0. The Bertz CT molecular complexity index is 479. The molecule has 1 aliphatic carbocycles. The zero-order chi connectivity index (χ0) is 14.0. The Labute approximate surface area is 113 Å². The van der Waals surface area contributed by atoms with Crippen LogP contribution in [-0.4, -0.2) is 35.5 Å². The number of aliphatic carboxylic acids is 1. The van der Waals surface area contributed by atoms with Gasteiger partial charge in [0, 0.05) is 19.0 Å². The van der Waals surface area contributed by atoms with Crippen LogP contribution < -0.4 is 0 Å². The molecular weight excluding hydrogens is 242 g/mol. The quantitative estimate of drug-likeness (QED) is 0.824. The summed E-state index contributed by atoms with van der Waals surface area (Å²) in [5, 5.41) is 8.88. The summed E-state index contributed by atoms with van der Waals surface area (Å²) in [6.07, 6.45) is 2.10. The highest BCUT2D eigenvalue weighted by Gasteiger charge is 2.46. The highest BCUT2D eigenvalue weighted by Crippen LogP contribution is 2.48. The number of carboxylic acid groups (broad SMARTS) is 1. The van der Waals surface area contributed by atoms with Gasteiger partial charge in [-0.15, -0.1) is 0 Å². The predicted octanol–water partition coefficient (Wildman–Crippen LogP) is 1.90. The van der Waals surface area contributed by atoms with Crippen molar-refractivity contribution in [3.8, 4) is 0 Å². The van der Waals surface area contributed by atoms with Crippen LogP contribution in [0.15, 0.2) is 30.3 Å². The van der Waals surface area contributed by atoms with E-state index >= 15 is 0 Å². The summed E-state index contributed by atoms with van der Waals surface area (Å²) in [7, 11) is 1.69. The van der Waals surface area contributed by atoms with Crippen molar-refractivity contribution in [1.82, 2.24) is 4.90 Å². The number of amides is 1. The van der Waals surface area contributed by atoms with Crippen LogP contribution in [0.3, 0.4) is 0 Å². The van der Waals surface area contributed by atoms with E-state index in [1.807, 2.05) is 18.2 Å². The van der Waals surface area contributed by atoms with E-state index in [1.165, 1.54) is 12.5 Å². The third kappa shape index (κ3) is 2.78. The molecule has 0 aromatic heterocycles. The van der Waals surface area contributed by atoms with E-state index in [0.29, 0.717) is 6.54 Å². The maximum Gasteiger partial charge on any atom is 0.315 e. The molecule has 0 heterocycles. The summed E-state index contributed by atoms with van der Waals surface area (Å²) < 4.78 is 0. The average molecular weight is 261 g/mol. The zero-order valence-corrected chi connectivity index (χ0v) is 11.3. The lowest BCUT2D eigenvalue weighted by molar-refractivity contribution is -0.149. The lowest BCUT2D eigenvalue weighted by Gasteiger charge is -2.25. The number of hydrogen-bond donors (Lipinski definition) is 1. The summed E-state index contributed by atoms with van der Waals surface area (Å²) in [5.74, 6) is -2.37. The fourth-order valence-corrected chi connectivity index (χ4v) is 2.45. The van der Waals surface area contributed by atoms with Gasteiger partial charge >= 0.3 is 5.97 Å². The molecule has 1 aliphatic rings. The van der Waals surface area contributed by atoms with Crippen LogP contribution >= 0.6 is 0 Å². The van der Waals surface area contributed by atoms with Crippen LogP contribution in [0.25, 0.3) is 0 Å². The van der Waals surface area contributed by atoms with Crippen molar-refractivity contribution in [3.63, 3.8) is 0 Å². The van der Waals surface area contributed by atoms with Crippen molar-refractivity contribution < 1.29 is 14.7 Å². The Balaban J connectivity index is 2.05. The van der Waals surface area contributed by atoms with Crippen molar-refractivity contribution in [2.75, 3.05) is 13.6 Å². The van der Waals surface area contributed by atoms with Gasteiger partial charge in [-0.3, -0.25) is 9.59 Å². The molecular formula is C15H19NO3. The SMILES string of the molecule is CC(C(=O)O)C(=O)N(C)CC1(c2ccccc2)CC1. The fraction of sp³-hybridized carbons (Fsp3) is 0.467. The van der Waals surface area contributed by atoms with Gasteiger partial charge in [0.15, 0.2) is 0 Å². The normalized spacial score (nSPS) is 17.6. The number of rotatable bonds is 5. The van der Waals surface area contributed by atoms with Gasteiger partial charge in [0.2, 0.25) is 5.91 Å². The first-order chi connectivity index (χ1) is 8.96. The molecule has 4 heteroatoms. The molecule has 1 N–H and O–H groups in total. The minimum absolute atomic E-state index is 0.0316. The molecule has 4 nitrogen and oxygen atoms in total. The van der Waals surface area contributed by atoms with Crippen molar-refractivity contribution in [3.05, 3.63) is 35.9 Å². The molecule has 1 saturated carbocycles. The van der Waals surface area contributed by atoms with Crippen molar-refractivity contribution >= 4 is 11.9 Å². The predicted molar refractivity (Wildman–Crippen MR) is 71.8 cm³/mol. The van der Waals surface area contributed by atoms with Crippen LogP contribution in [0.2, 0.25) is 0 Å². The summed E-state index contributed by atoms with van der Waals surface area (Å²) >= 11 is 0. The van der Waals surface area contributed by atoms with Crippen molar-refractivity contribution in [1.29, 1.82) is 0 Å². The molecule has 102 valence electrons. The largest absolute Gasteiger partial charge is 0.481 e. The van der Waals surface area contributed by atoms with E-state index in [1.54, 1.807) is 11.9 Å². The summed E-state index contributed by atoms with van der Waals surface area (Å²) in [6.45, 7) is 2.02. The van der Waals surface area contributed by atoms with Gasteiger partial charge in [0.05, 0.1) is 0 Å². The Morgan fingerprint density at radius 3 is 2.37 bits per heavy atom. The molecule has 1 fully saturated rings. The van der Waals surface area contributed by atoms with E-state index in [4.69, 9.17) is 5.11 Å². The smallest absolute Gasteiger partial charge is 0.315 e. The number of likely N-dealkylation sites (N-methyl/N-ethyl adjacent to an activating group) is 1. The molecule has 1 amide bonds. The zero-order valence-electron chi connectivity index (χ0n) is 11.3. The second kappa shape index (κ2) is 5.03. The topological polar surface area (TPSA) is 57.6 Å². The number of carbonyl (C=O) groups excluding carboxylic acids is 1. The van der Waals surface area contributed by atoms with E-state index in [0.717, 1.165) is 12.8 Å². The van der Waals surface area contributed by atoms with E-state index < -0.39 is 11.9 Å². The van der Waals surface area contributed by atoms with Crippen LogP contribution in [0.1, 0.15) is 25.3 Å². The first-order valence-corrected chi connectivity index (χ1v) is 6.49. The minimum atomic E-state index is -1.07. The Kier molecular flexibility index (Phi) is 3.60. The van der Waals surface area contributed by atoms with E-state index in [9.17, 15) is 9.59 Å². The second-order valence-electron chi connectivity index (χ2n) is 5.40. The molecule has 1 atom stereocenters. The monoisotopic (exact) mass is 261 g/mol. The van der Waals surface area contributed by atoms with Gasteiger partial charge in [0.1, 0.15) is 5.92 Å². The molecule has 0 spiro atoms. The first kappa shape index (κ1) is 13.6. The summed E-state index contributed by atoms with van der Waals surface area (Å²) in [6, 6.07) is 10.1. The highest BCUT2D eigenvalue weighted by atomic mass is 16.4. The van der Waals surface area contributed by atoms with Crippen LogP contribution in [0.4, 0.5) is 0 Å². The maximum atomic E-state index is 12.0. The van der Waals surface area contributed by atoms with Crippen LogP contribution in [0, 0.1) is 5.92 Å². The minimum Gasteiger partial charge on any atom is -0.481 e. The molecule has 0 saturated heterocycles. The Morgan fingerprint density at radius 2 is 1.89 bits per heavy atom. The second-order valence-corrected chi connectivity index (χ2v) is 5.40. The van der Waals surface area contributed by atoms with Crippen LogP contribution in [-0.2, 0) is 15.0 Å².